The third-order valence-electron chi connectivity index (χ3n) is 3.37. The van der Waals surface area contributed by atoms with E-state index >= 15 is 0 Å². The Hall–Kier alpha value is -3.10. The molecule has 8 nitrogen and oxygen atoms in total. The quantitative estimate of drug-likeness (QED) is 0.516. The molecule has 0 aliphatic heterocycles. The van der Waals surface area contributed by atoms with Crippen molar-refractivity contribution in [1.29, 1.82) is 0 Å². The largest absolute Gasteiger partial charge is 0.457 e. The Morgan fingerprint density at radius 1 is 1.08 bits per heavy atom. The summed E-state index contributed by atoms with van der Waals surface area (Å²) in [6, 6.07) is 8.18. The molecular weight excluding hydrogens is 385 g/mol. The van der Waals surface area contributed by atoms with E-state index in [0.29, 0.717) is 27.1 Å². The van der Waals surface area contributed by atoms with Gasteiger partial charge in [-0.25, -0.2) is 4.79 Å². The van der Waals surface area contributed by atoms with Crippen LogP contribution in [0, 0.1) is 10.1 Å². The number of hydrogen-bond donors (Lipinski definition) is 2. The zero-order chi connectivity index (χ0) is 18.8. The lowest BCUT2D eigenvalue weighted by atomic mass is 10.2. The van der Waals surface area contributed by atoms with Gasteiger partial charge >= 0.3 is 16.9 Å². The maximum absolute atomic E-state index is 11.6. The highest BCUT2D eigenvalue weighted by atomic mass is 35.5. The van der Waals surface area contributed by atoms with Crippen molar-refractivity contribution in [2.24, 2.45) is 0 Å². The fraction of sp³-hybridized carbons (Fsp3) is 0. The highest BCUT2D eigenvalue weighted by Gasteiger charge is 2.19. The summed E-state index contributed by atoms with van der Waals surface area (Å²) in [6.07, 6.45) is 2.59. The molecule has 2 heterocycles. The van der Waals surface area contributed by atoms with E-state index in [-0.39, 0.29) is 5.69 Å². The van der Waals surface area contributed by atoms with Crippen LogP contribution in [0.15, 0.2) is 44.3 Å². The molecule has 0 unspecified atom stereocenters. The van der Waals surface area contributed by atoms with Gasteiger partial charge in [-0.15, -0.1) is 0 Å². The second-order valence-corrected chi connectivity index (χ2v) is 5.93. The van der Waals surface area contributed by atoms with E-state index in [4.69, 9.17) is 27.6 Å². The number of furan rings is 1. The smallest absolute Gasteiger partial charge is 0.357 e. The van der Waals surface area contributed by atoms with Gasteiger partial charge in [0.2, 0.25) is 0 Å². The molecule has 26 heavy (non-hydrogen) atoms. The number of hydrogen-bond acceptors (Lipinski definition) is 5. The number of nitro groups is 1. The molecule has 0 saturated heterocycles. The Kier molecular flexibility index (Phi) is 4.79. The molecule has 0 aliphatic rings. The van der Waals surface area contributed by atoms with Crippen molar-refractivity contribution in [3.8, 4) is 11.3 Å². The maximum atomic E-state index is 11.6. The fourth-order valence-electron chi connectivity index (χ4n) is 2.24. The van der Waals surface area contributed by atoms with Crippen molar-refractivity contribution >= 4 is 41.0 Å². The summed E-state index contributed by atoms with van der Waals surface area (Å²) in [5, 5.41) is 11.9. The van der Waals surface area contributed by atoms with E-state index < -0.39 is 21.9 Å². The number of aromatic amines is 2. The van der Waals surface area contributed by atoms with Gasteiger partial charge in [-0.2, -0.15) is 0 Å². The summed E-state index contributed by atoms with van der Waals surface area (Å²) in [4.78, 5) is 37.0. The molecule has 132 valence electrons. The fourth-order valence-corrected chi connectivity index (χ4v) is 2.74. The van der Waals surface area contributed by atoms with Crippen LogP contribution in [-0.2, 0) is 0 Å². The molecule has 0 atom stereocenters. The van der Waals surface area contributed by atoms with Crippen LogP contribution in [0.4, 0.5) is 5.69 Å². The lowest BCUT2D eigenvalue weighted by Gasteiger charge is -2.00. The monoisotopic (exact) mass is 393 g/mol. The van der Waals surface area contributed by atoms with Crippen LogP contribution in [0.5, 0.6) is 0 Å². The van der Waals surface area contributed by atoms with Crippen molar-refractivity contribution in [1.82, 2.24) is 9.97 Å². The first-order valence-electron chi connectivity index (χ1n) is 7.09. The summed E-state index contributed by atoms with van der Waals surface area (Å²) in [5.41, 5.74) is -2.34. The highest BCUT2D eigenvalue weighted by Crippen LogP contribution is 2.31. The minimum Gasteiger partial charge on any atom is -0.457 e. The number of nitrogens with one attached hydrogen (secondary N) is 2. The van der Waals surface area contributed by atoms with Crippen molar-refractivity contribution in [3.63, 3.8) is 0 Å². The van der Waals surface area contributed by atoms with Crippen molar-refractivity contribution < 1.29 is 9.34 Å². The Bertz CT molecular complexity index is 1140. The Balaban J connectivity index is 1.96. The Morgan fingerprint density at radius 2 is 1.85 bits per heavy atom. The number of aromatic nitrogens is 2. The van der Waals surface area contributed by atoms with Gasteiger partial charge in [0.05, 0.1) is 9.95 Å². The summed E-state index contributed by atoms with van der Waals surface area (Å²) in [7, 11) is 0. The van der Waals surface area contributed by atoms with Gasteiger partial charge in [0.15, 0.2) is 0 Å². The minimum atomic E-state index is -1.09. The maximum Gasteiger partial charge on any atom is 0.357 e. The first-order valence-corrected chi connectivity index (χ1v) is 7.85. The molecular formula is C16H9Cl2N3O5. The standard InChI is InChI=1S/C16H9Cl2N3O5/c17-8-1-4-10(11(18)7-8)13-6-3-9(26-13)2-5-12-14(21(24)25)15(22)20-16(23)19-12/h1-7H,(H2,19,20,22,23)/b5-2-. The van der Waals surface area contributed by atoms with Gasteiger partial charge in [-0.05, 0) is 42.5 Å². The van der Waals surface area contributed by atoms with Crippen LogP contribution in [0.25, 0.3) is 23.5 Å². The Morgan fingerprint density at radius 3 is 2.54 bits per heavy atom. The number of rotatable bonds is 4. The SMILES string of the molecule is O=c1[nH]c(/C=C\c2ccc(-c3ccc(Cl)cc3Cl)o2)c([N+](=O)[O-])c(=O)[nH]1. The van der Waals surface area contributed by atoms with Crippen LogP contribution in [0.3, 0.4) is 0 Å². The predicted octanol–water partition coefficient (Wildman–Crippen LogP) is 3.71. The third kappa shape index (κ3) is 3.61. The van der Waals surface area contributed by atoms with Crippen molar-refractivity contribution in [2.45, 2.75) is 0 Å². The molecule has 0 spiro atoms. The van der Waals surface area contributed by atoms with Crippen LogP contribution >= 0.6 is 23.2 Å². The summed E-state index contributed by atoms with van der Waals surface area (Å²) in [5.74, 6) is 0.793. The van der Waals surface area contributed by atoms with E-state index in [2.05, 4.69) is 4.98 Å². The Labute approximate surface area is 154 Å². The molecule has 2 N–H and O–H groups in total. The van der Waals surface area contributed by atoms with Crippen LogP contribution in [-0.4, -0.2) is 14.9 Å². The summed E-state index contributed by atoms with van der Waals surface area (Å²) < 4.78 is 5.61. The molecule has 3 aromatic rings. The number of halogens is 2. The molecule has 2 aromatic heterocycles. The molecule has 0 aliphatic carbocycles. The first-order chi connectivity index (χ1) is 12.3. The topological polar surface area (TPSA) is 122 Å². The number of nitrogens with zero attached hydrogens (tertiary/aromatic N) is 1. The van der Waals surface area contributed by atoms with Gasteiger partial charge in [0.25, 0.3) is 0 Å². The van der Waals surface area contributed by atoms with Gasteiger partial charge in [0.1, 0.15) is 17.2 Å². The molecule has 0 fully saturated rings. The molecule has 3 rings (SSSR count). The number of H-pyrrole nitrogens is 2. The average molecular weight is 394 g/mol. The van der Waals surface area contributed by atoms with Crippen molar-refractivity contribution in [2.75, 3.05) is 0 Å². The van der Waals surface area contributed by atoms with E-state index in [1.807, 2.05) is 0 Å². The van der Waals surface area contributed by atoms with E-state index in [0.717, 1.165) is 0 Å². The molecule has 0 saturated carbocycles. The zero-order valence-corrected chi connectivity index (χ0v) is 14.3. The van der Waals surface area contributed by atoms with Crippen LogP contribution < -0.4 is 11.2 Å². The van der Waals surface area contributed by atoms with E-state index in [1.165, 1.54) is 12.2 Å². The predicted molar refractivity (Wildman–Crippen MR) is 97.4 cm³/mol. The molecule has 0 amide bonds. The van der Waals surface area contributed by atoms with E-state index in [9.17, 15) is 19.7 Å². The summed E-state index contributed by atoms with van der Waals surface area (Å²) in [6.45, 7) is 0. The van der Waals surface area contributed by atoms with Gasteiger partial charge in [-0.3, -0.25) is 19.9 Å². The lowest BCUT2D eigenvalue weighted by Crippen LogP contribution is -2.25. The van der Waals surface area contributed by atoms with E-state index in [1.54, 1.807) is 35.3 Å². The number of benzene rings is 1. The lowest BCUT2D eigenvalue weighted by molar-refractivity contribution is -0.386. The molecule has 0 radical (unpaired) electrons. The van der Waals surface area contributed by atoms with Gasteiger partial charge in [-0.1, -0.05) is 23.2 Å². The second-order valence-electron chi connectivity index (χ2n) is 5.09. The molecule has 0 bridgehead atoms. The van der Waals surface area contributed by atoms with Gasteiger partial charge < -0.3 is 9.40 Å². The zero-order valence-electron chi connectivity index (χ0n) is 12.8. The first kappa shape index (κ1) is 17.7. The average Bonchev–Trinajstić information content (AvgIpc) is 3.00. The normalized spacial score (nSPS) is 11.2. The van der Waals surface area contributed by atoms with Gasteiger partial charge in [0, 0.05) is 10.6 Å². The molecule has 1 aromatic carbocycles. The highest BCUT2D eigenvalue weighted by molar-refractivity contribution is 6.36. The third-order valence-corrected chi connectivity index (χ3v) is 3.91. The van der Waals surface area contributed by atoms with Crippen molar-refractivity contribution in [3.05, 3.63) is 82.8 Å². The second kappa shape index (κ2) is 7.03. The minimum absolute atomic E-state index is 0.244. The molecule has 10 heteroatoms. The summed E-state index contributed by atoms with van der Waals surface area (Å²) >= 11 is 12.0. The van der Waals surface area contributed by atoms with Crippen LogP contribution in [0.2, 0.25) is 10.0 Å². The van der Waals surface area contributed by atoms with Crippen LogP contribution in [0.1, 0.15) is 11.5 Å².